The molecule has 0 bridgehead atoms. The van der Waals surface area contributed by atoms with Crippen LogP contribution in [-0.2, 0) is 10.0 Å². The van der Waals surface area contributed by atoms with Crippen LogP contribution in [0.5, 0.6) is 11.5 Å². The third-order valence-corrected chi connectivity index (χ3v) is 7.37. The van der Waals surface area contributed by atoms with Crippen molar-refractivity contribution in [3.63, 3.8) is 0 Å². The van der Waals surface area contributed by atoms with Crippen LogP contribution in [0.15, 0.2) is 47.4 Å². The number of carbonyl (C=O) groups is 1. The summed E-state index contributed by atoms with van der Waals surface area (Å²) < 4.78 is 38.7. The molecule has 1 N–H and O–H groups in total. The van der Waals surface area contributed by atoms with Gasteiger partial charge in [-0.2, -0.15) is 4.31 Å². The number of nitrogens with zero attached hydrogens (tertiary/aromatic N) is 1. The Kier molecular flexibility index (Phi) is 7.92. The van der Waals surface area contributed by atoms with Crippen molar-refractivity contribution in [2.24, 2.45) is 0 Å². The topological polar surface area (TPSA) is 84.9 Å². The Labute approximate surface area is 184 Å². The van der Waals surface area contributed by atoms with Crippen molar-refractivity contribution in [2.45, 2.75) is 37.5 Å². The molecule has 2 aromatic rings. The maximum atomic E-state index is 13.2. The maximum Gasteiger partial charge on any atom is 0.251 e. The highest BCUT2D eigenvalue weighted by Gasteiger charge is 2.27. The second-order valence-corrected chi connectivity index (χ2v) is 9.49. The fourth-order valence-corrected chi connectivity index (χ4v) is 5.33. The number of benzene rings is 2. The van der Waals surface area contributed by atoms with Crippen molar-refractivity contribution >= 4 is 15.9 Å². The molecule has 31 heavy (non-hydrogen) atoms. The lowest BCUT2D eigenvalue weighted by Crippen LogP contribution is -2.33. The third kappa shape index (κ3) is 5.98. The molecule has 1 heterocycles. The number of hydrogen-bond donors (Lipinski definition) is 1. The van der Waals surface area contributed by atoms with E-state index in [1.807, 2.05) is 18.2 Å². The zero-order valence-corrected chi connectivity index (χ0v) is 18.9. The summed E-state index contributed by atoms with van der Waals surface area (Å²) in [5, 5.41) is 2.78. The molecule has 2 aromatic carbocycles. The van der Waals surface area contributed by atoms with Gasteiger partial charge in [-0.3, -0.25) is 4.79 Å². The third-order valence-electron chi connectivity index (χ3n) is 5.33. The van der Waals surface area contributed by atoms with Crippen molar-refractivity contribution in [3.8, 4) is 11.5 Å². The van der Waals surface area contributed by atoms with Crippen LogP contribution >= 0.6 is 0 Å². The van der Waals surface area contributed by atoms with Gasteiger partial charge in [0, 0.05) is 24.7 Å². The first-order chi connectivity index (χ1) is 14.9. The zero-order chi connectivity index (χ0) is 22.3. The highest BCUT2D eigenvalue weighted by Crippen LogP contribution is 2.24. The normalized spacial score (nSPS) is 15.2. The lowest BCUT2D eigenvalue weighted by molar-refractivity contribution is 0.0946. The van der Waals surface area contributed by atoms with E-state index in [-0.39, 0.29) is 24.0 Å². The summed E-state index contributed by atoms with van der Waals surface area (Å²) in [6, 6.07) is 12.0. The molecule has 0 aliphatic carbocycles. The van der Waals surface area contributed by atoms with Crippen LogP contribution in [0, 0.1) is 6.92 Å². The lowest BCUT2D eigenvalue weighted by atomic mass is 10.1. The maximum absolute atomic E-state index is 13.2. The van der Waals surface area contributed by atoms with Crippen molar-refractivity contribution in [3.05, 3.63) is 53.6 Å². The second-order valence-electron chi connectivity index (χ2n) is 7.58. The SMILES string of the molecule is COc1cccc(OCCNC(=O)c2ccc(C)c(S(=O)(=O)N3CCCCCC3)c2)c1. The quantitative estimate of drug-likeness (QED) is 0.629. The van der Waals surface area contributed by atoms with Crippen molar-refractivity contribution < 1.29 is 22.7 Å². The summed E-state index contributed by atoms with van der Waals surface area (Å²) in [4.78, 5) is 12.8. The molecule has 3 rings (SSSR count). The molecule has 0 aromatic heterocycles. The summed E-state index contributed by atoms with van der Waals surface area (Å²) in [6.07, 6.45) is 3.83. The predicted octanol–water partition coefficient (Wildman–Crippen LogP) is 3.38. The van der Waals surface area contributed by atoms with Gasteiger partial charge in [0.05, 0.1) is 18.6 Å². The van der Waals surface area contributed by atoms with Gasteiger partial charge in [-0.1, -0.05) is 25.0 Å². The fourth-order valence-electron chi connectivity index (χ4n) is 3.57. The van der Waals surface area contributed by atoms with Crippen LogP contribution in [0.4, 0.5) is 0 Å². The fraction of sp³-hybridized carbons (Fsp3) is 0.435. The summed E-state index contributed by atoms with van der Waals surface area (Å²) in [5.74, 6) is 1.01. The van der Waals surface area contributed by atoms with Gasteiger partial charge in [-0.15, -0.1) is 0 Å². The molecule has 0 unspecified atom stereocenters. The average Bonchev–Trinajstić information content (AvgIpc) is 3.07. The van der Waals surface area contributed by atoms with Crippen molar-refractivity contribution in [1.29, 1.82) is 0 Å². The van der Waals surface area contributed by atoms with E-state index in [2.05, 4.69) is 5.32 Å². The number of ether oxygens (including phenoxy) is 2. The van der Waals surface area contributed by atoms with Gasteiger partial charge in [0.1, 0.15) is 18.1 Å². The molecule has 0 spiro atoms. The minimum atomic E-state index is -3.62. The molecule has 1 amide bonds. The highest BCUT2D eigenvalue weighted by molar-refractivity contribution is 7.89. The van der Waals surface area contributed by atoms with Crippen molar-refractivity contribution in [1.82, 2.24) is 9.62 Å². The van der Waals surface area contributed by atoms with Gasteiger partial charge in [0.15, 0.2) is 0 Å². The lowest BCUT2D eigenvalue weighted by Gasteiger charge is -2.21. The molecule has 1 fully saturated rings. The standard InChI is InChI=1S/C23H30N2O5S/c1-18-10-11-19(16-22(18)31(27,28)25-13-5-3-4-6-14-25)23(26)24-12-15-30-21-9-7-8-20(17-21)29-2/h7-11,16-17H,3-6,12-15H2,1-2H3,(H,24,26). The number of methoxy groups -OCH3 is 1. The van der Waals surface area contributed by atoms with Gasteiger partial charge in [-0.25, -0.2) is 8.42 Å². The van der Waals surface area contributed by atoms with E-state index in [0.717, 1.165) is 25.7 Å². The molecule has 0 saturated carbocycles. The zero-order valence-electron chi connectivity index (χ0n) is 18.1. The van der Waals surface area contributed by atoms with E-state index in [0.29, 0.717) is 35.7 Å². The number of nitrogens with one attached hydrogen (secondary N) is 1. The molecule has 168 valence electrons. The summed E-state index contributed by atoms with van der Waals surface area (Å²) in [5.41, 5.74) is 0.961. The van der Waals surface area contributed by atoms with Gasteiger partial charge in [0.25, 0.3) is 5.91 Å². The smallest absolute Gasteiger partial charge is 0.251 e. The predicted molar refractivity (Wildman–Crippen MR) is 119 cm³/mol. The average molecular weight is 447 g/mol. The monoisotopic (exact) mass is 446 g/mol. The first-order valence-electron chi connectivity index (χ1n) is 10.6. The Morgan fingerprint density at radius 1 is 1.03 bits per heavy atom. The minimum Gasteiger partial charge on any atom is -0.497 e. The van der Waals surface area contributed by atoms with E-state index in [1.165, 1.54) is 6.07 Å². The van der Waals surface area contributed by atoms with E-state index in [4.69, 9.17) is 9.47 Å². The van der Waals surface area contributed by atoms with Crippen molar-refractivity contribution in [2.75, 3.05) is 33.4 Å². The summed E-state index contributed by atoms with van der Waals surface area (Å²) in [6.45, 7) is 3.38. The van der Waals surface area contributed by atoms with Crippen LogP contribution in [0.2, 0.25) is 0 Å². The molecule has 0 radical (unpaired) electrons. The number of carbonyl (C=O) groups excluding carboxylic acids is 1. The van der Waals surface area contributed by atoms with Gasteiger partial charge >= 0.3 is 0 Å². The molecule has 0 atom stereocenters. The van der Waals surface area contributed by atoms with Gasteiger partial charge in [-0.05, 0) is 49.6 Å². The second kappa shape index (κ2) is 10.6. The summed E-state index contributed by atoms with van der Waals surface area (Å²) in [7, 11) is -2.04. The largest absolute Gasteiger partial charge is 0.497 e. The summed E-state index contributed by atoms with van der Waals surface area (Å²) >= 11 is 0. The van der Waals surface area contributed by atoms with Gasteiger partial charge in [0.2, 0.25) is 10.0 Å². The van der Waals surface area contributed by atoms with Crippen LogP contribution < -0.4 is 14.8 Å². The Morgan fingerprint density at radius 3 is 2.45 bits per heavy atom. The number of amides is 1. The van der Waals surface area contributed by atoms with Crippen LogP contribution in [0.3, 0.4) is 0 Å². The molecule has 7 nitrogen and oxygen atoms in total. The van der Waals surface area contributed by atoms with Crippen LogP contribution in [-0.4, -0.2) is 52.0 Å². The molecular weight excluding hydrogens is 416 g/mol. The molecule has 8 heteroatoms. The van der Waals surface area contributed by atoms with E-state index in [9.17, 15) is 13.2 Å². The van der Waals surface area contributed by atoms with E-state index in [1.54, 1.807) is 36.5 Å². The number of sulfonamides is 1. The Bertz CT molecular complexity index is 999. The highest BCUT2D eigenvalue weighted by atomic mass is 32.2. The van der Waals surface area contributed by atoms with E-state index < -0.39 is 10.0 Å². The molecular formula is C23H30N2O5S. The van der Waals surface area contributed by atoms with Crippen LogP contribution in [0.25, 0.3) is 0 Å². The first kappa shape index (κ1) is 23.1. The number of rotatable bonds is 8. The van der Waals surface area contributed by atoms with Crippen LogP contribution in [0.1, 0.15) is 41.6 Å². The molecule has 1 aliphatic heterocycles. The Hall–Kier alpha value is -2.58. The van der Waals surface area contributed by atoms with Gasteiger partial charge < -0.3 is 14.8 Å². The number of aryl methyl sites for hydroxylation is 1. The number of hydrogen-bond acceptors (Lipinski definition) is 5. The Balaban J connectivity index is 1.62. The minimum absolute atomic E-state index is 0.203. The first-order valence-corrected chi connectivity index (χ1v) is 12.0. The van der Waals surface area contributed by atoms with E-state index >= 15 is 0 Å². The molecule has 1 aliphatic rings. The Morgan fingerprint density at radius 2 is 1.74 bits per heavy atom. The molecule has 1 saturated heterocycles.